The molecule has 0 spiro atoms. The smallest absolute Gasteiger partial charge is 0.146 e. The van der Waals surface area contributed by atoms with Crippen LogP contribution in [-0.2, 0) is 6.54 Å². The van der Waals surface area contributed by atoms with Crippen LogP contribution in [0.3, 0.4) is 0 Å². The van der Waals surface area contributed by atoms with Gasteiger partial charge in [0.15, 0.2) is 0 Å². The van der Waals surface area contributed by atoms with Crippen LogP contribution in [0.25, 0.3) is 0 Å². The first-order chi connectivity index (χ1) is 8.77. The van der Waals surface area contributed by atoms with Gasteiger partial charge in [-0.2, -0.15) is 0 Å². The third kappa shape index (κ3) is 3.96. The van der Waals surface area contributed by atoms with Gasteiger partial charge in [-0.3, -0.25) is 0 Å². The molecule has 0 unspecified atom stereocenters. The fourth-order valence-corrected chi connectivity index (χ4v) is 2.88. The molecule has 3 heteroatoms. The molecule has 0 heterocycles. The van der Waals surface area contributed by atoms with Gasteiger partial charge in [0.2, 0.25) is 0 Å². The average Bonchev–Trinajstić information content (AvgIpc) is 2.40. The van der Waals surface area contributed by atoms with Crippen LogP contribution >= 0.6 is 11.6 Å². The molecule has 0 saturated heterocycles. The van der Waals surface area contributed by atoms with Crippen LogP contribution in [0.1, 0.15) is 44.1 Å². The Morgan fingerprint density at radius 1 is 1.22 bits per heavy atom. The zero-order chi connectivity index (χ0) is 12.8. The topological polar surface area (TPSA) is 12.0 Å². The van der Waals surface area contributed by atoms with E-state index in [-0.39, 0.29) is 10.8 Å². The van der Waals surface area contributed by atoms with Crippen molar-refractivity contribution in [2.45, 2.75) is 45.1 Å². The highest BCUT2D eigenvalue weighted by Gasteiger charge is 2.12. The number of benzene rings is 1. The molecule has 2 rings (SSSR count). The van der Waals surface area contributed by atoms with E-state index in [1.165, 1.54) is 38.5 Å². The lowest BCUT2D eigenvalue weighted by Crippen LogP contribution is -2.19. The number of hydrogen-bond donors (Lipinski definition) is 1. The van der Waals surface area contributed by atoms with Crippen molar-refractivity contribution < 1.29 is 4.39 Å². The molecule has 1 aliphatic rings. The minimum absolute atomic E-state index is 0.210. The second-order valence-corrected chi connectivity index (χ2v) is 5.59. The summed E-state index contributed by atoms with van der Waals surface area (Å²) in [5.41, 5.74) is 0.658. The number of rotatable bonds is 5. The first kappa shape index (κ1) is 13.8. The van der Waals surface area contributed by atoms with Crippen molar-refractivity contribution in [2.75, 3.05) is 6.54 Å². The van der Waals surface area contributed by atoms with Crippen molar-refractivity contribution in [3.8, 4) is 0 Å². The standard InChI is InChI=1S/C15H21ClFN/c16-14-8-4-7-13(15(14)17)11-18-10-9-12-5-2-1-3-6-12/h4,7-8,12,18H,1-3,5-6,9-11H2. The zero-order valence-electron chi connectivity index (χ0n) is 10.7. The highest BCUT2D eigenvalue weighted by atomic mass is 35.5. The number of nitrogens with one attached hydrogen (secondary N) is 1. The zero-order valence-corrected chi connectivity index (χ0v) is 11.5. The molecule has 1 fully saturated rings. The lowest BCUT2D eigenvalue weighted by atomic mass is 9.87. The van der Waals surface area contributed by atoms with Gasteiger partial charge in [-0.15, -0.1) is 0 Å². The maximum absolute atomic E-state index is 13.6. The van der Waals surface area contributed by atoms with E-state index in [0.29, 0.717) is 12.1 Å². The van der Waals surface area contributed by atoms with E-state index in [0.717, 1.165) is 12.5 Å². The predicted molar refractivity (Wildman–Crippen MR) is 74.3 cm³/mol. The molecule has 0 bridgehead atoms. The molecule has 0 aliphatic heterocycles. The Morgan fingerprint density at radius 2 is 2.00 bits per heavy atom. The molecular formula is C15H21ClFN. The summed E-state index contributed by atoms with van der Waals surface area (Å²) in [6.07, 6.45) is 8.11. The van der Waals surface area contributed by atoms with E-state index in [9.17, 15) is 4.39 Å². The van der Waals surface area contributed by atoms with E-state index in [2.05, 4.69) is 5.32 Å². The van der Waals surface area contributed by atoms with Crippen LogP contribution in [0.4, 0.5) is 4.39 Å². The van der Waals surface area contributed by atoms with E-state index in [4.69, 9.17) is 11.6 Å². The van der Waals surface area contributed by atoms with E-state index >= 15 is 0 Å². The summed E-state index contributed by atoms with van der Waals surface area (Å²) in [6.45, 7) is 1.54. The fourth-order valence-electron chi connectivity index (χ4n) is 2.69. The molecule has 1 aromatic rings. The Balaban J connectivity index is 1.70. The van der Waals surface area contributed by atoms with Gasteiger partial charge in [0, 0.05) is 12.1 Å². The van der Waals surface area contributed by atoms with Crippen LogP contribution < -0.4 is 5.32 Å². The Kier molecular flexibility index (Phi) is 5.45. The first-order valence-corrected chi connectivity index (χ1v) is 7.29. The van der Waals surface area contributed by atoms with E-state index in [1.807, 2.05) is 0 Å². The van der Waals surface area contributed by atoms with Crippen LogP contribution in [-0.4, -0.2) is 6.54 Å². The van der Waals surface area contributed by atoms with Gasteiger partial charge in [0.05, 0.1) is 5.02 Å². The minimum Gasteiger partial charge on any atom is -0.313 e. The molecule has 0 aromatic heterocycles. The quantitative estimate of drug-likeness (QED) is 0.774. The molecule has 1 aromatic carbocycles. The first-order valence-electron chi connectivity index (χ1n) is 6.91. The van der Waals surface area contributed by atoms with Gasteiger partial charge < -0.3 is 5.32 Å². The summed E-state index contributed by atoms with van der Waals surface area (Å²) < 4.78 is 13.6. The van der Waals surface area contributed by atoms with Crippen molar-refractivity contribution in [3.63, 3.8) is 0 Å². The van der Waals surface area contributed by atoms with Crippen molar-refractivity contribution in [3.05, 3.63) is 34.6 Å². The normalized spacial score (nSPS) is 17.0. The molecule has 1 N–H and O–H groups in total. The maximum Gasteiger partial charge on any atom is 0.146 e. The number of hydrogen-bond acceptors (Lipinski definition) is 1. The summed E-state index contributed by atoms with van der Waals surface area (Å²) in [5.74, 6) is 0.583. The van der Waals surface area contributed by atoms with Crippen molar-refractivity contribution in [1.82, 2.24) is 5.32 Å². The van der Waals surface area contributed by atoms with Crippen LogP contribution in [0.2, 0.25) is 5.02 Å². The summed E-state index contributed by atoms with van der Waals surface area (Å²) >= 11 is 5.75. The third-order valence-corrected chi connectivity index (χ3v) is 4.09. The molecule has 1 nitrogen and oxygen atoms in total. The predicted octanol–water partition coefficient (Wildman–Crippen LogP) is 4.54. The summed E-state index contributed by atoms with van der Waals surface area (Å²) in [5, 5.41) is 3.53. The Bertz CT molecular complexity index is 375. The highest BCUT2D eigenvalue weighted by molar-refractivity contribution is 6.30. The molecule has 1 saturated carbocycles. The highest BCUT2D eigenvalue weighted by Crippen LogP contribution is 2.25. The molecule has 100 valence electrons. The van der Waals surface area contributed by atoms with Crippen molar-refractivity contribution in [1.29, 1.82) is 0 Å². The van der Waals surface area contributed by atoms with Gasteiger partial charge in [-0.25, -0.2) is 4.39 Å². The summed E-state index contributed by atoms with van der Waals surface area (Å²) in [6, 6.07) is 5.17. The lowest BCUT2D eigenvalue weighted by Gasteiger charge is -2.21. The van der Waals surface area contributed by atoms with Crippen LogP contribution in [0.15, 0.2) is 18.2 Å². The maximum atomic E-state index is 13.6. The van der Waals surface area contributed by atoms with E-state index in [1.54, 1.807) is 18.2 Å². The number of halogens is 2. The molecule has 18 heavy (non-hydrogen) atoms. The fraction of sp³-hybridized carbons (Fsp3) is 0.600. The van der Waals surface area contributed by atoms with Gasteiger partial charge in [-0.05, 0) is 24.9 Å². The van der Waals surface area contributed by atoms with Gasteiger partial charge in [0.1, 0.15) is 5.82 Å². The van der Waals surface area contributed by atoms with E-state index < -0.39 is 0 Å². The largest absolute Gasteiger partial charge is 0.313 e. The molecule has 0 atom stereocenters. The Morgan fingerprint density at radius 3 is 2.78 bits per heavy atom. The third-order valence-electron chi connectivity index (χ3n) is 3.80. The Hall–Kier alpha value is -0.600. The van der Waals surface area contributed by atoms with Gasteiger partial charge in [-0.1, -0.05) is 55.8 Å². The van der Waals surface area contributed by atoms with Crippen LogP contribution in [0.5, 0.6) is 0 Å². The van der Waals surface area contributed by atoms with Crippen molar-refractivity contribution in [2.24, 2.45) is 5.92 Å². The van der Waals surface area contributed by atoms with Crippen LogP contribution in [0, 0.1) is 11.7 Å². The second-order valence-electron chi connectivity index (χ2n) is 5.18. The monoisotopic (exact) mass is 269 g/mol. The summed E-state index contributed by atoms with van der Waals surface area (Å²) in [7, 11) is 0. The molecule has 1 aliphatic carbocycles. The van der Waals surface area contributed by atoms with Crippen molar-refractivity contribution >= 4 is 11.6 Å². The minimum atomic E-state index is -0.288. The molecule has 0 amide bonds. The average molecular weight is 270 g/mol. The SMILES string of the molecule is Fc1c(Cl)cccc1CNCCC1CCCCC1. The summed E-state index contributed by atoms with van der Waals surface area (Å²) in [4.78, 5) is 0. The Labute approximate surface area is 114 Å². The van der Waals surface area contributed by atoms with Gasteiger partial charge in [0.25, 0.3) is 0 Å². The second kappa shape index (κ2) is 7.10. The van der Waals surface area contributed by atoms with Gasteiger partial charge >= 0.3 is 0 Å². The molecule has 0 radical (unpaired) electrons. The molecular weight excluding hydrogens is 249 g/mol. The lowest BCUT2D eigenvalue weighted by molar-refractivity contribution is 0.333.